The fourth-order valence-corrected chi connectivity index (χ4v) is 2.09. The van der Waals surface area contributed by atoms with Gasteiger partial charge in [-0.25, -0.2) is 8.78 Å². The fourth-order valence-electron chi connectivity index (χ4n) is 2.09. The van der Waals surface area contributed by atoms with Crippen molar-refractivity contribution in [1.82, 2.24) is 5.32 Å². The molecule has 0 aliphatic carbocycles. The van der Waals surface area contributed by atoms with E-state index < -0.39 is 11.6 Å². The molecule has 17 heavy (non-hydrogen) atoms. The lowest BCUT2D eigenvalue weighted by Gasteiger charge is -2.19. The average molecular weight is 241 g/mol. The molecule has 0 bridgehead atoms. The van der Waals surface area contributed by atoms with Crippen molar-refractivity contribution < 1.29 is 8.78 Å². The topological polar surface area (TPSA) is 12.0 Å². The Morgan fingerprint density at radius 2 is 1.71 bits per heavy atom. The maximum Gasteiger partial charge on any atom is 0.126 e. The summed E-state index contributed by atoms with van der Waals surface area (Å²) in [5, 5.41) is 3.26. The lowest BCUT2D eigenvalue weighted by Crippen LogP contribution is -2.30. The third-order valence-corrected chi connectivity index (χ3v) is 3.08. The predicted molar refractivity (Wildman–Crippen MR) is 67.0 cm³/mol. The second kappa shape index (κ2) is 6.70. The van der Waals surface area contributed by atoms with Crippen molar-refractivity contribution in [3.63, 3.8) is 0 Å². The first-order valence-electron chi connectivity index (χ1n) is 6.15. The molecule has 1 unspecified atom stereocenters. The van der Waals surface area contributed by atoms with Crippen LogP contribution in [0, 0.1) is 17.6 Å². The van der Waals surface area contributed by atoms with Gasteiger partial charge in [0.05, 0.1) is 0 Å². The second-order valence-electron chi connectivity index (χ2n) is 4.81. The summed E-state index contributed by atoms with van der Waals surface area (Å²) in [7, 11) is 1.95. The summed E-state index contributed by atoms with van der Waals surface area (Å²) in [6.07, 6.45) is 2.68. The third kappa shape index (κ3) is 4.82. The molecule has 1 atom stereocenters. The van der Waals surface area contributed by atoms with Gasteiger partial charge in [0.15, 0.2) is 0 Å². The quantitative estimate of drug-likeness (QED) is 0.803. The standard InChI is InChI=1S/C14H21F2N/c1-10(2)14(17-3)6-4-5-11-7-12(15)9-13(16)8-11/h7-10,14,17H,4-6H2,1-3H3. The largest absolute Gasteiger partial charge is 0.317 e. The van der Waals surface area contributed by atoms with Crippen LogP contribution in [0.5, 0.6) is 0 Å². The molecular formula is C14H21F2N. The molecule has 0 saturated heterocycles. The Morgan fingerprint density at radius 1 is 1.12 bits per heavy atom. The summed E-state index contributed by atoms with van der Waals surface area (Å²) in [5.74, 6) is -0.410. The highest BCUT2D eigenvalue weighted by Gasteiger charge is 2.10. The van der Waals surface area contributed by atoms with Crippen molar-refractivity contribution in [2.75, 3.05) is 7.05 Å². The van der Waals surface area contributed by atoms with Gasteiger partial charge in [0.25, 0.3) is 0 Å². The predicted octanol–water partition coefficient (Wildman–Crippen LogP) is 3.53. The van der Waals surface area contributed by atoms with Crippen molar-refractivity contribution in [3.8, 4) is 0 Å². The Labute approximate surface area is 102 Å². The van der Waals surface area contributed by atoms with Gasteiger partial charge in [0, 0.05) is 12.1 Å². The van der Waals surface area contributed by atoms with Crippen LogP contribution in [0.4, 0.5) is 8.78 Å². The molecule has 0 aliphatic heterocycles. The summed E-state index contributed by atoms with van der Waals surface area (Å²) in [6.45, 7) is 4.34. The van der Waals surface area contributed by atoms with E-state index in [1.54, 1.807) is 0 Å². The van der Waals surface area contributed by atoms with E-state index in [4.69, 9.17) is 0 Å². The minimum atomic E-state index is -0.492. The lowest BCUT2D eigenvalue weighted by molar-refractivity contribution is 0.393. The normalized spacial score (nSPS) is 13.1. The zero-order valence-electron chi connectivity index (χ0n) is 10.8. The Morgan fingerprint density at radius 3 is 2.18 bits per heavy atom. The van der Waals surface area contributed by atoms with Crippen molar-refractivity contribution in [2.45, 2.75) is 39.2 Å². The van der Waals surface area contributed by atoms with Gasteiger partial charge in [-0.15, -0.1) is 0 Å². The van der Waals surface area contributed by atoms with Crippen LogP contribution in [0.25, 0.3) is 0 Å². The zero-order valence-corrected chi connectivity index (χ0v) is 10.8. The minimum Gasteiger partial charge on any atom is -0.317 e. The molecular weight excluding hydrogens is 220 g/mol. The highest BCUT2D eigenvalue weighted by molar-refractivity contribution is 5.17. The Hall–Kier alpha value is -0.960. The number of halogens is 2. The SMILES string of the molecule is CNC(CCCc1cc(F)cc(F)c1)C(C)C. The smallest absolute Gasteiger partial charge is 0.126 e. The van der Waals surface area contributed by atoms with E-state index in [0.717, 1.165) is 30.9 Å². The molecule has 0 amide bonds. The van der Waals surface area contributed by atoms with E-state index in [0.29, 0.717) is 12.0 Å². The first kappa shape index (κ1) is 14.1. The summed E-state index contributed by atoms with van der Waals surface area (Å²) in [4.78, 5) is 0. The van der Waals surface area contributed by atoms with Crippen molar-refractivity contribution in [2.24, 2.45) is 5.92 Å². The molecule has 0 saturated carbocycles. The minimum absolute atomic E-state index is 0.466. The third-order valence-electron chi connectivity index (χ3n) is 3.08. The molecule has 1 N–H and O–H groups in total. The lowest BCUT2D eigenvalue weighted by atomic mass is 9.97. The summed E-state index contributed by atoms with van der Waals surface area (Å²) < 4.78 is 25.9. The van der Waals surface area contributed by atoms with Crippen LogP contribution in [-0.4, -0.2) is 13.1 Å². The number of hydrogen-bond acceptors (Lipinski definition) is 1. The van der Waals surface area contributed by atoms with Gasteiger partial charge in [-0.2, -0.15) is 0 Å². The van der Waals surface area contributed by atoms with Crippen molar-refractivity contribution in [3.05, 3.63) is 35.4 Å². The molecule has 1 aromatic rings. The average Bonchev–Trinajstić information content (AvgIpc) is 2.22. The maximum absolute atomic E-state index is 13.0. The van der Waals surface area contributed by atoms with Gasteiger partial charge in [-0.05, 0) is 49.9 Å². The molecule has 1 rings (SSSR count). The fraction of sp³-hybridized carbons (Fsp3) is 0.571. The number of hydrogen-bond donors (Lipinski definition) is 1. The number of nitrogens with one attached hydrogen (secondary N) is 1. The van der Waals surface area contributed by atoms with E-state index in [-0.39, 0.29) is 0 Å². The molecule has 0 aromatic heterocycles. The van der Waals surface area contributed by atoms with E-state index in [2.05, 4.69) is 19.2 Å². The van der Waals surface area contributed by atoms with E-state index in [9.17, 15) is 8.78 Å². The van der Waals surface area contributed by atoms with Crippen LogP contribution in [0.1, 0.15) is 32.3 Å². The number of rotatable bonds is 6. The van der Waals surface area contributed by atoms with Crippen molar-refractivity contribution in [1.29, 1.82) is 0 Å². The van der Waals surface area contributed by atoms with Crippen LogP contribution in [0.15, 0.2) is 18.2 Å². The van der Waals surface area contributed by atoms with Crippen LogP contribution in [0.2, 0.25) is 0 Å². The first-order chi connectivity index (χ1) is 8.02. The molecule has 0 spiro atoms. The molecule has 1 nitrogen and oxygen atoms in total. The second-order valence-corrected chi connectivity index (χ2v) is 4.81. The highest BCUT2D eigenvalue weighted by Crippen LogP contribution is 2.14. The van der Waals surface area contributed by atoms with Gasteiger partial charge in [0.1, 0.15) is 11.6 Å². The van der Waals surface area contributed by atoms with Gasteiger partial charge in [-0.3, -0.25) is 0 Å². The van der Waals surface area contributed by atoms with Gasteiger partial charge >= 0.3 is 0 Å². The van der Waals surface area contributed by atoms with Gasteiger partial charge in [-0.1, -0.05) is 13.8 Å². The first-order valence-corrected chi connectivity index (χ1v) is 6.15. The Kier molecular flexibility index (Phi) is 5.56. The van der Waals surface area contributed by atoms with E-state index in [1.807, 2.05) is 7.05 Å². The Balaban J connectivity index is 2.45. The summed E-state index contributed by atoms with van der Waals surface area (Å²) in [6, 6.07) is 4.20. The van der Waals surface area contributed by atoms with Gasteiger partial charge < -0.3 is 5.32 Å². The van der Waals surface area contributed by atoms with Crippen LogP contribution in [-0.2, 0) is 6.42 Å². The monoisotopic (exact) mass is 241 g/mol. The Bertz CT molecular complexity index is 330. The molecule has 3 heteroatoms. The maximum atomic E-state index is 13.0. The zero-order chi connectivity index (χ0) is 12.8. The van der Waals surface area contributed by atoms with Crippen molar-refractivity contribution >= 4 is 0 Å². The molecule has 96 valence electrons. The van der Waals surface area contributed by atoms with Crippen LogP contribution >= 0.6 is 0 Å². The van der Waals surface area contributed by atoms with E-state index in [1.165, 1.54) is 12.1 Å². The number of benzene rings is 1. The number of aryl methyl sites for hydroxylation is 1. The molecule has 0 radical (unpaired) electrons. The molecule has 0 aliphatic rings. The highest BCUT2D eigenvalue weighted by atomic mass is 19.1. The summed E-state index contributed by atoms with van der Waals surface area (Å²) in [5.41, 5.74) is 0.737. The molecule has 0 fully saturated rings. The van der Waals surface area contributed by atoms with Crippen LogP contribution < -0.4 is 5.32 Å². The molecule has 0 heterocycles. The molecule has 1 aromatic carbocycles. The summed E-state index contributed by atoms with van der Waals surface area (Å²) >= 11 is 0. The van der Waals surface area contributed by atoms with E-state index >= 15 is 0 Å². The van der Waals surface area contributed by atoms with Crippen LogP contribution in [0.3, 0.4) is 0 Å². The van der Waals surface area contributed by atoms with Gasteiger partial charge in [0.2, 0.25) is 0 Å².